The number of amides is 2. The van der Waals surface area contributed by atoms with Crippen LogP contribution in [0, 0.1) is 5.82 Å². The quantitative estimate of drug-likeness (QED) is 0.525. The van der Waals surface area contributed by atoms with Crippen molar-refractivity contribution in [2.75, 3.05) is 11.6 Å². The molecule has 1 aliphatic carbocycles. The first kappa shape index (κ1) is 19.5. The van der Waals surface area contributed by atoms with E-state index in [4.69, 9.17) is 10.5 Å². The van der Waals surface area contributed by atoms with E-state index >= 15 is 0 Å². The van der Waals surface area contributed by atoms with E-state index < -0.39 is 5.66 Å². The Balaban J connectivity index is 1.49. The van der Waals surface area contributed by atoms with Crippen LogP contribution in [0.1, 0.15) is 25.7 Å². The first-order valence-electron chi connectivity index (χ1n) is 8.90. The molecule has 0 heterocycles. The Labute approximate surface area is 162 Å². The first-order valence-corrected chi connectivity index (χ1v) is 10.1. The molecule has 27 heavy (non-hydrogen) atoms. The van der Waals surface area contributed by atoms with Gasteiger partial charge in [0.1, 0.15) is 11.6 Å². The minimum absolute atomic E-state index is 0.00950. The molecule has 0 atom stereocenters. The zero-order valence-corrected chi connectivity index (χ0v) is 16.0. The SMILES string of the molecule is CSc1cccc(NC(=O)NC2(N)CCC(Oc3ccc(F)cc3)CC2)c1. The molecule has 2 amide bonds. The van der Waals surface area contributed by atoms with E-state index in [2.05, 4.69) is 10.6 Å². The second-order valence-corrected chi connectivity index (χ2v) is 7.62. The van der Waals surface area contributed by atoms with Gasteiger partial charge in [0.2, 0.25) is 0 Å². The number of halogens is 1. The number of nitrogens with two attached hydrogens (primary N) is 1. The number of anilines is 1. The molecule has 0 radical (unpaired) electrons. The molecule has 1 fully saturated rings. The third-order valence-electron chi connectivity index (χ3n) is 4.63. The van der Waals surface area contributed by atoms with Gasteiger partial charge in [0.05, 0.1) is 11.8 Å². The molecule has 144 valence electrons. The molecule has 3 rings (SSSR count). The number of hydrogen-bond donors (Lipinski definition) is 3. The molecule has 1 aliphatic rings. The standard InChI is InChI=1S/C20H24FN3O2S/c1-27-18-4-2-3-15(13-18)23-19(25)24-20(22)11-9-17(10-12-20)26-16-7-5-14(21)6-8-16/h2-8,13,17H,9-12,22H2,1H3,(H2,23,24,25). The van der Waals surface area contributed by atoms with Crippen molar-refractivity contribution in [1.29, 1.82) is 0 Å². The summed E-state index contributed by atoms with van der Waals surface area (Å²) >= 11 is 1.62. The predicted molar refractivity (Wildman–Crippen MR) is 107 cm³/mol. The number of nitrogens with one attached hydrogen (secondary N) is 2. The van der Waals surface area contributed by atoms with Crippen molar-refractivity contribution in [3.8, 4) is 5.75 Å². The molecule has 0 bridgehead atoms. The Morgan fingerprint density at radius 1 is 1.22 bits per heavy atom. The lowest BCUT2D eigenvalue weighted by atomic mass is 9.87. The van der Waals surface area contributed by atoms with Crippen molar-refractivity contribution >= 4 is 23.5 Å². The van der Waals surface area contributed by atoms with Crippen LogP contribution in [0.15, 0.2) is 53.4 Å². The maximum Gasteiger partial charge on any atom is 0.320 e. The molecule has 0 spiro atoms. The number of hydrogen-bond acceptors (Lipinski definition) is 4. The summed E-state index contributed by atoms with van der Waals surface area (Å²) in [7, 11) is 0. The number of carbonyl (C=O) groups excluding carboxylic acids is 1. The van der Waals surface area contributed by atoms with Crippen LogP contribution in [-0.4, -0.2) is 24.1 Å². The normalized spacial score (nSPS) is 22.1. The second-order valence-electron chi connectivity index (χ2n) is 6.74. The van der Waals surface area contributed by atoms with E-state index in [0.717, 1.165) is 23.4 Å². The van der Waals surface area contributed by atoms with Crippen molar-refractivity contribution in [2.45, 2.75) is 42.3 Å². The summed E-state index contributed by atoms with van der Waals surface area (Å²) in [6.07, 6.45) is 4.65. The highest BCUT2D eigenvalue weighted by Gasteiger charge is 2.34. The number of carbonyl (C=O) groups is 1. The average molecular weight is 389 g/mol. The van der Waals surface area contributed by atoms with E-state index in [9.17, 15) is 9.18 Å². The molecule has 2 aromatic carbocycles. The summed E-state index contributed by atoms with van der Waals surface area (Å²) in [5, 5.41) is 5.72. The topological polar surface area (TPSA) is 76.4 Å². The van der Waals surface area contributed by atoms with Crippen LogP contribution in [0.5, 0.6) is 5.75 Å². The van der Waals surface area contributed by atoms with Gasteiger partial charge in [0.25, 0.3) is 0 Å². The lowest BCUT2D eigenvalue weighted by Gasteiger charge is -2.37. The minimum Gasteiger partial charge on any atom is -0.490 e. The van der Waals surface area contributed by atoms with Gasteiger partial charge in [-0.05, 0) is 74.4 Å². The maximum atomic E-state index is 13.0. The van der Waals surface area contributed by atoms with Crippen molar-refractivity contribution in [3.05, 3.63) is 54.3 Å². The van der Waals surface area contributed by atoms with Gasteiger partial charge in [0.15, 0.2) is 0 Å². The molecule has 0 aromatic heterocycles. The number of urea groups is 1. The lowest BCUT2D eigenvalue weighted by molar-refractivity contribution is 0.108. The monoisotopic (exact) mass is 389 g/mol. The van der Waals surface area contributed by atoms with E-state index in [1.54, 1.807) is 23.9 Å². The molecule has 2 aromatic rings. The van der Waals surface area contributed by atoms with Gasteiger partial charge in [-0.1, -0.05) is 6.07 Å². The molecule has 0 unspecified atom stereocenters. The van der Waals surface area contributed by atoms with Crippen LogP contribution in [0.25, 0.3) is 0 Å². The number of thioether (sulfide) groups is 1. The van der Waals surface area contributed by atoms with Crippen LogP contribution in [-0.2, 0) is 0 Å². The molecule has 5 nitrogen and oxygen atoms in total. The van der Waals surface area contributed by atoms with Gasteiger partial charge >= 0.3 is 6.03 Å². The highest BCUT2D eigenvalue weighted by Crippen LogP contribution is 2.28. The van der Waals surface area contributed by atoms with Gasteiger partial charge in [0, 0.05) is 10.6 Å². The number of benzene rings is 2. The highest BCUT2D eigenvalue weighted by molar-refractivity contribution is 7.98. The fourth-order valence-corrected chi connectivity index (χ4v) is 3.60. The molecule has 0 aliphatic heterocycles. The Hall–Kier alpha value is -2.25. The van der Waals surface area contributed by atoms with Crippen LogP contribution >= 0.6 is 11.8 Å². The summed E-state index contributed by atoms with van der Waals surface area (Å²) in [5.41, 5.74) is 6.34. The lowest BCUT2D eigenvalue weighted by Crippen LogP contribution is -2.59. The van der Waals surface area contributed by atoms with Gasteiger partial charge in [-0.3, -0.25) is 0 Å². The Morgan fingerprint density at radius 3 is 2.59 bits per heavy atom. The minimum atomic E-state index is -0.760. The van der Waals surface area contributed by atoms with E-state index in [1.165, 1.54) is 12.1 Å². The smallest absolute Gasteiger partial charge is 0.320 e. The Bertz CT molecular complexity index is 777. The van der Waals surface area contributed by atoms with E-state index in [-0.39, 0.29) is 18.0 Å². The van der Waals surface area contributed by atoms with Gasteiger partial charge in [-0.25, -0.2) is 9.18 Å². The summed E-state index contributed by atoms with van der Waals surface area (Å²) in [6, 6.07) is 13.3. The predicted octanol–water partition coefficient (Wildman–Crippen LogP) is 4.35. The van der Waals surface area contributed by atoms with Crippen molar-refractivity contribution < 1.29 is 13.9 Å². The molecule has 4 N–H and O–H groups in total. The summed E-state index contributed by atoms with van der Waals surface area (Å²) in [6.45, 7) is 0. The fraction of sp³-hybridized carbons (Fsp3) is 0.350. The van der Waals surface area contributed by atoms with Gasteiger partial charge in [-0.15, -0.1) is 11.8 Å². The Kier molecular flexibility index (Phi) is 6.23. The molecule has 1 saturated carbocycles. The van der Waals surface area contributed by atoms with Crippen LogP contribution in [0.2, 0.25) is 0 Å². The third kappa shape index (κ3) is 5.61. The highest BCUT2D eigenvalue weighted by atomic mass is 32.2. The van der Waals surface area contributed by atoms with E-state index in [1.807, 2.05) is 30.5 Å². The summed E-state index contributed by atoms with van der Waals surface area (Å²) in [4.78, 5) is 13.4. The summed E-state index contributed by atoms with van der Waals surface area (Å²) < 4.78 is 18.8. The maximum absolute atomic E-state index is 13.0. The van der Waals surface area contributed by atoms with Crippen molar-refractivity contribution in [1.82, 2.24) is 5.32 Å². The molecular weight excluding hydrogens is 365 g/mol. The van der Waals surface area contributed by atoms with Crippen LogP contribution < -0.4 is 21.1 Å². The second kappa shape index (κ2) is 8.63. The van der Waals surface area contributed by atoms with E-state index in [0.29, 0.717) is 18.6 Å². The fourth-order valence-electron chi connectivity index (χ4n) is 3.14. The van der Waals surface area contributed by atoms with Crippen molar-refractivity contribution in [2.24, 2.45) is 5.73 Å². The third-order valence-corrected chi connectivity index (χ3v) is 5.36. The van der Waals surface area contributed by atoms with Crippen LogP contribution in [0.4, 0.5) is 14.9 Å². The Morgan fingerprint density at radius 2 is 1.93 bits per heavy atom. The number of ether oxygens (including phenoxy) is 1. The van der Waals surface area contributed by atoms with Crippen molar-refractivity contribution in [3.63, 3.8) is 0 Å². The summed E-state index contributed by atoms with van der Waals surface area (Å²) in [5.74, 6) is 0.357. The van der Waals surface area contributed by atoms with Crippen LogP contribution in [0.3, 0.4) is 0 Å². The molecular formula is C20H24FN3O2S. The zero-order valence-electron chi connectivity index (χ0n) is 15.2. The average Bonchev–Trinajstić information content (AvgIpc) is 2.65. The molecule has 7 heteroatoms. The zero-order chi connectivity index (χ0) is 19.3. The number of rotatable bonds is 5. The largest absolute Gasteiger partial charge is 0.490 e. The first-order chi connectivity index (χ1) is 13.0. The van der Waals surface area contributed by atoms with Gasteiger partial charge in [-0.2, -0.15) is 0 Å². The molecule has 0 saturated heterocycles. The van der Waals surface area contributed by atoms with Gasteiger partial charge < -0.3 is 21.1 Å².